The highest BCUT2D eigenvalue weighted by Crippen LogP contribution is 2.53. The Morgan fingerprint density at radius 3 is 2.29 bits per heavy atom. The number of fused-ring (bicyclic) bond motifs is 3. The number of rotatable bonds is 1. The van der Waals surface area contributed by atoms with Gasteiger partial charge in [-0.2, -0.15) is 0 Å². The molecule has 0 amide bonds. The normalized spacial score (nSPS) is 14.4. The Hall–Kier alpha value is -2.41. The fraction of sp³-hybridized carbons (Fsp3) is 0.261. The molecule has 0 radical (unpaired) electrons. The first-order chi connectivity index (χ1) is 11.4. The molecule has 0 unspecified atom stereocenters. The zero-order valence-corrected chi connectivity index (χ0v) is 15.1. The van der Waals surface area contributed by atoms with Crippen LogP contribution in [0.25, 0.3) is 22.4 Å². The summed E-state index contributed by atoms with van der Waals surface area (Å²) in [7, 11) is 2.13. The first-order valence-corrected chi connectivity index (χ1v) is 8.62. The number of hydrogen-bond acceptors (Lipinski definition) is 0. The van der Waals surface area contributed by atoms with Crippen molar-refractivity contribution in [3.05, 3.63) is 77.0 Å². The van der Waals surface area contributed by atoms with Gasteiger partial charge in [-0.1, -0.05) is 44.2 Å². The lowest BCUT2D eigenvalue weighted by molar-refractivity contribution is -0.660. The lowest BCUT2D eigenvalue weighted by Gasteiger charge is -2.24. The lowest BCUT2D eigenvalue weighted by atomic mass is 9.78. The van der Waals surface area contributed by atoms with Gasteiger partial charge in [0.15, 0.2) is 6.20 Å². The van der Waals surface area contributed by atoms with E-state index in [2.05, 4.69) is 94.0 Å². The molecule has 0 bridgehead atoms. The lowest BCUT2D eigenvalue weighted by Crippen LogP contribution is -2.31. The number of pyridine rings is 1. The van der Waals surface area contributed by atoms with Gasteiger partial charge in [0.25, 0.3) is 0 Å². The van der Waals surface area contributed by atoms with Gasteiger partial charge >= 0.3 is 0 Å². The highest BCUT2D eigenvalue weighted by Gasteiger charge is 2.40. The van der Waals surface area contributed by atoms with Gasteiger partial charge < -0.3 is 0 Å². The third kappa shape index (κ3) is 1.91. The predicted molar refractivity (Wildman–Crippen MR) is 100 cm³/mol. The van der Waals surface area contributed by atoms with E-state index in [0.717, 1.165) is 0 Å². The molecular formula is C23H24N+. The monoisotopic (exact) mass is 314 g/mol. The van der Waals surface area contributed by atoms with E-state index in [1.807, 2.05) is 0 Å². The molecule has 0 saturated heterocycles. The molecule has 0 aliphatic heterocycles. The van der Waals surface area contributed by atoms with Gasteiger partial charge in [0, 0.05) is 17.5 Å². The minimum atomic E-state index is 0.0148. The Bertz CT molecular complexity index is 964. The van der Waals surface area contributed by atoms with Crippen molar-refractivity contribution >= 4 is 0 Å². The highest BCUT2D eigenvalue weighted by atomic mass is 14.9. The molecule has 1 aromatic heterocycles. The molecule has 1 aliphatic carbocycles. The molecular weight excluding hydrogens is 290 g/mol. The molecule has 1 heterocycles. The summed E-state index contributed by atoms with van der Waals surface area (Å²) in [6.07, 6.45) is 2.13. The smallest absolute Gasteiger partial charge is 0.201 e. The average molecular weight is 314 g/mol. The van der Waals surface area contributed by atoms with Gasteiger partial charge in [-0.15, -0.1) is 0 Å². The summed E-state index contributed by atoms with van der Waals surface area (Å²) in [5, 5.41) is 0. The topological polar surface area (TPSA) is 3.88 Å². The summed E-state index contributed by atoms with van der Waals surface area (Å²) in [5.41, 5.74) is 11.1. The Morgan fingerprint density at radius 1 is 0.792 bits per heavy atom. The van der Waals surface area contributed by atoms with Gasteiger partial charge in [-0.05, 0) is 53.3 Å². The summed E-state index contributed by atoms with van der Waals surface area (Å²) in [6, 6.07) is 17.8. The molecule has 1 nitrogen and oxygen atoms in total. The summed E-state index contributed by atoms with van der Waals surface area (Å²) in [4.78, 5) is 0. The van der Waals surface area contributed by atoms with E-state index >= 15 is 0 Å². The second-order valence-corrected chi connectivity index (χ2v) is 7.50. The number of aromatic nitrogens is 1. The van der Waals surface area contributed by atoms with Crippen LogP contribution in [0.5, 0.6) is 0 Å². The zero-order chi connectivity index (χ0) is 17.1. The number of hydrogen-bond donors (Lipinski definition) is 0. The van der Waals surface area contributed by atoms with E-state index in [1.54, 1.807) is 0 Å². The Labute approximate surface area is 144 Å². The molecule has 24 heavy (non-hydrogen) atoms. The fourth-order valence-electron chi connectivity index (χ4n) is 4.36. The van der Waals surface area contributed by atoms with Crippen LogP contribution in [0.15, 0.2) is 54.7 Å². The molecule has 120 valence electrons. The maximum atomic E-state index is 2.36. The van der Waals surface area contributed by atoms with Crippen molar-refractivity contribution in [3.63, 3.8) is 0 Å². The second-order valence-electron chi connectivity index (χ2n) is 7.50. The maximum absolute atomic E-state index is 2.36. The molecule has 1 aliphatic rings. The van der Waals surface area contributed by atoms with Crippen LogP contribution >= 0.6 is 0 Å². The SMILES string of the molecule is Cc1cccc2c1-c1ccc(C)c(-c3cccc[n+]3C)c1C2(C)C. The van der Waals surface area contributed by atoms with Crippen molar-refractivity contribution in [2.75, 3.05) is 0 Å². The third-order valence-corrected chi connectivity index (χ3v) is 5.57. The van der Waals surface area contributed by atoms with Crippen molar-refractivity contribution in [1.82, 2.24) is 0 Å². The average Bonchev–Trinajstić information content (AvgIpc) is 2.78. The highest BCUT2D eigenvalue weighted by molar-refractivity contribution is 5.89. The van der Waals surface area contributed by atoms with Crippen molar-refractivity contribution in [3.8, 4) is 22.4 Å². The van der Waals surface area contributed by atoms with E-state index in [1.165, 1.54) is 44.6 Å². The standard InChI is InChI=1S/C23H24N/c1-15-9-8-10-18-20(15)17-13-12-16(2)21(22(17)23(18,3)4)19-11-6-7-14-24(19)5/h6-14H,1-5H3/q+1. The molecule has 4 rings (SSSR count). The Morgan fingerprint density at radius 2 is 1.54 bits per heavy atom. The number of aryl methyl sites for hydroxylation is 3. The van der Waals surface area contributed by atoms with Crippen LogP contribution in [0, 0.1) is 13.8 Å². The van der Waals surface area contributed by atoms with Crippen molar-refractivity contribution in [2.24, 2.45) is 7.05 Å². The summed E-state index contributed by atoms with van der Waals surface area (Å²) in [6.45, 7) is 9.19. The van der Waals surface area contributed by atoms with Crippen LogP contribution < -0.4 is 4.57 Å². The molecule has 0 N–H and O–H groups in total. The summed E-state index contributed by atoms with van der Waals surface area (Å²) < 4.78 is 2.23. The van der Waals surface area contributed by atoms with Crippen LogP contribution in [0.3, 0.4) is 0 Å². The van der Waals surface area contributed by atoms with Crippen LogP contribution in [-0.2, 0) is 12.5 Å². The largest absolute Gasteiger partial charge is 0.212 e. The van der Waals surface area contributed by atoms with Crippen LogP contribution in [-0.4, -0.2) is 0 Å². The first kappa shape index (κ1) is 15.1. The summed E-state index contributed by atoms with van der Waals surface area (Å²) >= 11 is 0. The second kappa shape index (κ2) is 5.04. The molecule has 0 saturated carbocycles. The van der Waals surface area contributed by atoms with Crippen LogP contribution in [0.1, 0.15) is 36.1 Å². The van der Waals surface area contributed by atoms with Crippen molar-refractivity contribution in [1.29, 1.82) is 0 Å². The molecule has 1 heteroatoms. The number of nitrogens with zero attached hydrogens (tertiary/aromatic N) is 1. The maximum Gasteiger partial charge on any atom is 0.212 e. The van der Waals surface area contributed by atoms with Gasteiger partial charge in [0.05, 0.1) is 5.56 Å². The van der Waals surface area contributed by atoms with Gasteiger partial charge in [-0.25, -0.2) is 4.57 Å². The predicted octanol–water partition coefficient (Wildman–Crippen LogP) is 5.10. The Balaban J connectivity index is 2.14. The van der Waals surface area contributed by atoms with Gasteiger partial charge in [0.2, 0.25) is 5.69 Å². The van der Waals surface area contributed by atoms with Gasteiger partial charge in [-0.3, -0.25) is 0 Å². The summed E-state index contributed by atoms with van der Waals surface area (Å²) in [5.74, 6) is 0. The van der Waals surface area contributed by atoms with Crippen molar-refractivity contribution in [2.45, 2.75) is 33.1 Å². The van der Waals surface area contributed by atoms with Crippen molar-refractivity contribution < 1.29 is 4.57 Å². The minimum absolute atomic E-state index is 0.0148. The van der Waals surface area contributed by atoms with Crippen LogP contribution in [0.4, 0.5) is 0 Å². The molecule has 0 atom stereocenters. The molecule has 3 aromatic rings. The van der Waals surface area contributed by atoms with E-state index in [4.69, 9.17) is 0 Å². The minimum Gasteiger partial charge on any atom is -0.201 e. The van der Waals surface area contributed by atoms with E-state index in [9.17, 15) is 0 Å². The Kier molecular flexibility index (Phi) is 3.18. The molecule has 0 fully saturated rings. The van der Waals surface area contributed by atoms with Crippen LogP contribution in [0.2, 0.25) is 0 Å². The zero-order valence-electron chi connectivity index (χ0n) is 15.1. The van der Waals surface area contributed by atoms with Gasteiger partial charge in [0.1, 0.15) is 7.05 Å². The third-order valence-electron chi connectivity index (χ3n) is 5.57. The number of benzene rings is 2. The molecule has 0 spiro atoms. The quantitative estimate of drug-likeness (QED) is 0.550. The fourth-order valence-corrected chi connectivity index (χ4v) is 4.36. The van der Waals surface area contributed by atoms with E-state index in [0.29, 0.717) is 0 Å². The molecule has 2 aromatic carbocycles. The van der Waals surface area contributed by atoms with E-state index in [-0.39, 0.29) is 5.41 Å². The van der Waals surface area contributed by atoms with E-state index < -0.39 is 0 Å². The first-order valence-electron chi connectivity index (χ1n) is 8.62.